The molecule has 0 bridgehead atoms. The van der Waals surface area contributed by atoms with E-state index in [1.165, 1.54) is 0 Å². The summed E-state index contributed by atoms with van der Waals surface area (Å²) >= 11 is 0. The molecule has 0 amide bonds. The van der Waals surface area contributed by atoms with Gasteiger partial charge >= 0.3 is 5.97 Å². The van der Waals surface area contributed by atoms with Crippen LogP contribution in [0.25, 0.3) is 0 Å². The van der Waals surface area contributed by atoms with Gasteiger partial charge < -0.3 is 15.7 Å². The van der Waals surface area contributed by atoms with Gasteiger partial charge in [-0.3, -0.25) is 4.79 Å². The predicted octanol–water partition coefficient (Wildman–Crippen LogP) is 0.132. The lowest BCUT2D eigenvalue weighted by atomic mass is 9.85. The molecule has 1 heterocycles. The fourth-order valence-corrected chi connectivity index (χ4v) is 3.11. The van der Waals surface area contributed by atoms with E-state index >= 15 is 0 Å². The average molecular weight is 198 g/mol. The van der Waals surface area contributed by atoms with Gasteiger partial charge in [0.1, 0.15) is 0 Å². The van der Waals surface area contributed by atoms with Crippen molar-refractivity contribution in [2.75, 3.05) is 26.7 Å². The van der Waals surface area contributed by atoms with Crippen LogP contribution in [0.1, 0.15) is 19.3 Å². The number of hydrogen-bond acceptors (Lipinski definition) is 3. The quantitative estimate of drug-likeness (QED) is 0.662. The average Bonchev–Trinajstić information content (AvgIpc) is 2.74. The fraction of sp³-hybridized carbons (Fsp3) is 0.900. The second-order valence-corrected chi connectivity index (χ2v) is 4.89. The molecule has 4 heteroatoms. The predicted molar refractivity (Wildman–Crippen MR) is 52.9 cm³/mol. The van der Waals surface area contributed by atoms with Gasteiger partial charge in [0.2, 0.25) is 0 Å². The monoisotopic (exact) mass is 198 g/mol. The van der Waals surface area contributed by atoms with Crippen molar-refractivity contribution in [3.05, 3.63) is 0 Å². The maximum atomic E-state index is 11.2. The maximum Gasteiger partial charge on any atom is 0.311 e. The van der Waals surface area contributed by atoms with Crippen LogP contribution in [0.5, 0.6) is 0 Å². The number of rotatable bonds is 2. The molecule has 0 aromatic heterocycles. The summed E-state index contributed by atoms with van der Waals surface area (Å²) in [5.41, 5.74) is 5.00. The van der Waals surface area contributed by atoms with E-state index < -0.39 is 11.4 Å². The van der Waals surface area contributed by atoms with Crippen molar-refractivity contribution in [2.45, 2.75) is 19.3 Å². The van der Waals surface area contributed by atoms with Gasteiger partial charge in [0.15, 0.2) is 0 Å². The van der Waals surface area contributed by atoms with Crippen LogP contribution in [0.4, 0.5) is 0 Å². The van der Waals surface area contributed by atoms with E-state index in [0.717, 1.165) is 32.4 Å². The zero-order valence-electron chi connectivity index (χ0n) is 8.62. The zero-order valence-corrected chi connectivity index (χ0v) is 8.62. The molecule has 1 saturated carbocycles. The highest BCUT2D eigenvalue weighted by Gasteiger charge is 2.71. The van der Waals surface area contributed by atoms with Crippen molar-refractivity contribution < 1.29 is 9.90 Å². The second kappa shape index (κ2) is 2.94. The van der Waals surface area contributed by atoms with Crippen LogP contribution in [0.15, 0.2) is 0 Å². The molecule has 14 heavy (non-hydrogen) atoms. The van der Waals surface area contributed by atoms with E-state index in [0.29, 0.717) is 0 Å². The molecule has 1 aliphatic heterocycles. The van der Waals surface area contributed by atoms with Crippen LogP contribution < -0.4 is 5.73 Å². The Labute approximate surface area is 84.1 Å². The van der Waals surface area contributed by atoms with Crippen LogP contribution in [0, 0.1) is 10.8 Å². The summed E-state index contributed by atoms with van der Waals surface area (Å²) in [6, 6.07) is 0. The molecular formula is C10H18N2O2. The van der Waals surface area contributed by atoms with E-state index in [9.17, 15) is 9.90 Å². The molecule has 0 aromatic carbocycles. The highest BCUT2D eigenvalue weighted by Crippen LogP contribution is 2.67. The summed E-state index contributed by atoms with van der Waals surface area (Å²) in [5.74, 6) is -0.699. The highest BCUT2D eigenvalue weighted by atomic mass is 16.4. The first-order chi connectivity index (χ1) is 6.56. The van der Waals surface area contributed by atoms with Crippen molar-refractivity contribution in [1.29, 1.82) is 0 Å². The Morgan fingerprint density at radius 2 is 2.36 bits per heavy atom. The van der Waals surface area contributed by atoms with Crippen molar-refractivity contribution in [1.82, 2.24) is 4.90 Å². The first kappa shape index (κ1) is 9.93. The molecule has 1 saturated heterocycles. The number of hydrogen-bond donors (Lipinski definition) is 2. The minimum atomic E-state index is -0.699. The molecule has 2 aliphatic rings. The summed E-state index contributed by atoms with van der Waals surface area (Å²) in [5, 5.41) is 9.21. The zero-order chi connectivity index (χ0) is 10.4. The largest absolute Gasteiger partial charge is 0.481 e. The van der Waals surface area contributed by atoms with Crippen molar-refractivity contribution in [2.24, 2.45) is 16.6 Å². The Balaban J connectivity index is 2.16. The number of carboxylic acid groups (broad SMARTS) is 1. The van der Waals surface area contributed by atoms with Gasteiger partial charge in [-0.2, -0.15) is 0 Å². The third kappa shape index (κ3) is 1.10. The Morgan fingerprint density at radius 1 is 1.64 bits per heavy atom. The van der Waals surface area contributed by atoms with E-state index in [4.69, 9.17) is 5.73 Å². The number of nitrogens with zero attached hydrogens (tertiary/aromatic N) is 1. The molecule has 1 spiro atoms. The highest BCUT2D eigenvalue weighted by molar-refractivity contribution is 5.80. The van der Waals surface area contributed by atoms with Crippen LogP contribution in [-0.4, -0.2) is 42.7 Å². The van der Waals surface area contributed by atoms with Gasteiger partial charge in [-0.25, -0.2) is 0 Å². The lowest BCUT2D eigenvalue weighted by molar-refractivity contribution is -0.145. The minimum absolute atomic E-state index is 0.0133. The number of nitrogens with two attached hydrogens (primary N) is 1. The Kier molecular flexibility index (Phi) is 2.08. The molecule has 2 unspecified atom stereocenters. The summed E-state index contributed by atoms with van der Waals surface area (Å²) < 4.78 is 0. The number of piperidine rings is 1. The van der Waals surface area contributed by atoms with E-state index in [1.807, 2.05) is 0 Å². The first-order valence-corrected chi connectivity index (χ1v) is 5.18. The van der Waals surface area contributed by atoms with Gasteiger partial charge in [-0.15, -0.1) is 0 Å². The van der Waals surface area contributed by atoms with Crippen LogP contribution in [-0.2, 0) is 4.79 Å². The number of carboxylic acids is 1. The first-order valence-electron chi connectivity index (χ1n) is 5.18. The van der Waals surface area contributed by atoms with Gasteiger partial charge in [0.05, 0.1) is 5.41 Å². The van der Waals surface area contributed by atoms with Gasteiger partial charge in [0.25, 0.3) is 0 Å². The second-order valence-electron chi connectivity index (χ2n) is 4.89. The van der Waals surface area contributed by atoms with Crippen LogP contribution in [0.3, 0.4) is 0 Å². The standard InChI is InChI=1S/C10H18N2O2/c1-12-4-2-3-9(7-12)5-10(9,6-11)8(13)14/h2-7,11H2,1H3,(H,13,14). The molecule has 3 N–H and O–H groups in total. The van der Waals surface area contributed by atoms with E-state index in [1.54, 1.807) is 0 Å². The summed E-state index contributed by atoms with van der Waals surface area (Å²) in [7, 11) is 2.06. The molecule has 80 valence electrons. The molecule has 2 atom stereocenters. The Morgan fingerprint density at radius 3 is 2.79 bits per heavy atom. The van der Waals surface area contributed by atoms with Gasteiger partial charge in [0, 0.05) is 18.5 Å². The molecular weight excluding hydrogens is 180 g/mol. The summed E-state index contributed by atoms with van der Waals surface area (Å²) in [6.07, 6.45) is 2.91. The molecule has 0 radical (unpaired) electrons. The number of aliphatic carboxylic acids is 1. The maximum absolute atomic E-state index is 11.2. The van der Waals surface area contributed by atoms with Crippen molar-refractivity contribution >= 4 is 5.97 Å². The summed E-state index contributed by atoms with van der Waals surface area (Å²) in [4.78, 5) is 13.4. The third-order valence-corrected chi connectivity index (χ3v) is 4.06. The third-order valence-electron chi connectivity index (χ3n) is 4.06. The van der Waals surface area contributed by atoms with Crippen molar-refractivity contribution in [3.8, 4) is 0 Å². The van der Waals surface area contributed by atoms with E-state index in [2.05, 4.69) is 11.9 Å². The lowest BCUT2D eigenvalue weighted by Gasteiger charge is -2.32. The normalized spacial score (nSPS) is 42.7. The fourth-order valence-electron chi connectivity index (χ4n) is 3.11. The Bertz CT molecular complexity index is 269. The lowest BCUT2D eigenvalue weighted by Crippen LogP contribution is -2.41. The molecule has 2 rings (SSSR count). The SMILES string of the molecule is CN1CCCC2(C1)CC2(CN)C(=O)O. The van der Waals surface area contributed by atoms with Gasteiger partial charge in [-0.05, 0) is 32.9 Å². The smallest absolute Gasteiger partial charge is 0.311 e. The van der Waals surface area contributed by atoms with Crippen LogP contribution >= 0.6 is 0 Å². The summed E-state index contributed by atoms with van der Waals surface area (Å²) in [6.45, 7) is 2.27. The minimum Gasteiger partial charge on any atom is -0.481 e. The molecule has 2 fully saturated rings. The number of carbonyl (C=O) groups is 1. The molecule has 0 aromatic rings. The van der Waals surface area contributed by atoms with Gasteiger partial charge in [-0.1, -0.05) is 0 Å². The van der Waals surface area contributed by atoms with E-state index in [-0.39, 0.29) is 12.0 Å². The van der Waals surface area contributed by atoms with Crippen LogP contribution in [0.2, 0.25) is 0 Å². The molecule has 4 nitrogen and oxygen atoms in total. The number of likely N-dealkylation sites (tertiary alicyclic amines) is 1. The van der Waals surface area contributed by atoms with Crippen molar-refractivity contribution in [3.63, 3.8) is 0 Å². The Hall–Kier alpha value is -0.610. The molecule has 1 aliphatic carbocycles. The topological polar surface area (TPSA) is 66.6 Å².